The lowest BCUT2D eigenvalue weighted by Gasteiger charge is -2.18. The van der Waals surface area contributed by atoms with Crippen LogP contribution in [0.5, 0.6) is 0 Å². The second-order valence-corrected chi connectivity index (χ2v) is 6.36. The van der Waals surface area contributed by atoms with Gasteiger partial charge < -0.3 is 9.73 Å². The Bertz CT molecular complexity index is 565. The minimum Gasteiger partial charge on any atom is -0.466 e. The lowest BCUT2D eigenvalue weighted by atomic mass is 9.99. The van der Waals surface area contributed by atoms with E-state index in [9.17, 15) is 0 Å². The number of aryl methyl sites for hydroxylation is 2. The highest BCUT2D eigenvalue weighted by molar-refractivity contribution is 14.1. The molecule has 0 aliphatic heterocycles. The van der Waals surface area contributed by atoms with Crippen LogP contribution >= 0.6 is 38.5 Å². The van der Waals surface area contributed by atoms with Crippen molar-refractivity contribution in [2.75, 3.05) is 7.05 Å². The first-order valence-corrected chi connectivity index (χ1v) is 7.59. The highest BCUT2D eigenvalue weighted by Gasteiger charge is 2.19. The van der Waals surface area contributed by atoms with Gasteiger partial charge in [-0.15, -0.1) is 0 Å². The van der Waals surface area contributed by atoms with Crippen LogP contribution in [0.4, 0.5) is 0 Å². The fraction of sp³-hybridized carbons (Fsp3) is 0.286. The summed E-state index contributed by atoms with van der Waals surface area (Å²) in [4.78, 5) is 0. The third-order valence-electron chi connectivity index (χ3n) is 2.95. The van der Waals surface area contributed by atoms with Crippen molar-refractivity contribution in [1.29, 1.82) is 0 Å². The van der Waals surface area contributed by atoms with E-state index in [0.717, 1.165) is 16.0 Å². The van der Waals surface area contributed by atoms with Crippen LogP contribution in [-0.4, -0.2) is 7.05 Å². The lowest BCUT2D eigenvalue weighted by molar-refractivity contribution is 0.497. The van der Waals surface area contributed by atoms with Gasteiger partial charge in [0.2, 0.25) is 0 Å². The number of nitrogens with one attached hydrogen (secondary N) is 1. The number of furan rings is 1. The fourth-order valence-electron chi connectivity index (χ4n) is 2.15. The topological polar surface area (TPSA) is 25.2 Å². The quantitative estimate of drug-likeness (QED) is 0.737. The molecule has 1 atom stereocenters. The van der Waals surface area contributed by atoms with Crippen LogP contribution in [0.3, 0.4) is 0 Å². The molecule has 0 saturated carbocycles. The first-order valence-electron chi connectivity index (χ1n) is 5.72. The van der Waals surface area contributed by atoms with Crippen molar-refractivity contribution in [3.8, 4) is 0 Å². The normalized spacial score (nSPS) is 12.7. The Kier molecular flexibility index (Phi) is 4.50. The molecule has 0 spiro atoms. The highest BCUT2D eigenvalue weighted by atomic mass is 127. The molecule has 1 aromatic carbocycles. The molecular formula is C14H15BrINO. The first-order chi connectivity index (χ1) is 8.52. The van der Waals surface area contributed by atoms with Gasteiger partial charge in [-0.2, -0.15) is 0 Å². The van der Waals surface area contributed by atoms with E-state index in [2.05, 4.69) is 68.1 Å². The maximum absolute atomic E-state index is 5.63. The Labute approximate surface area is 129 Å². The molecule has 96 valence electrons. The standard InChI is InChI=1S/C14H15BrINO/c1-8-6-11(9(2)18-8)14(17-3)12-7-10(16)4-5-13(12)15/h4-7,14,17H,1-3H3. The van der Waals surface area contributed by atoms with Crippen molar-refractivity contribution in [1.82, 2.24) is 5.32 Å². The van der Waals surface area contributed by atoms with Gasteiger partial charge in [-0.3, -0.25) is 0 Å². The molecule has 0 aliphatic carbocycles. The molecule has 4 heteroatoms. The number of benzene rings is 1. The minimum atomic E-state index is 0.145. The summed E-state index contributed by atoms with van der Waals surface area (Å²) in [7, 11) is 1.97. The van der Waals surface area contributed by atoms with Crippen LogP contribution in [0.2, 0.25) is 0 Å². The summed E-state index contributed by atoms with van der Waals surface area (Å²) in [5.74, 6) is 1.92. The second kappa shape index (κ2) is 5.75. The molecular weight excluding hydrogens is 405 g/mol. The zero-order valence-electron chi connectivity index (χ0n) is 10.6. The molecule has 1 unspecified atom stereocenters. The smallest absolute Gasteiger partial charge is 0.106 e. The molecule has 0 bridgehead atoms. The second-order valence-electron chi connectivity index (χ2n) is 4.26. The predicted octanol–water partition coefficient (Wildman–Crippen LogP) is 4.57. The summed E-state index contributed by atoms with van der Waals surface area (Å²) in [5.41, 5.74) is 2.42. The average molecular weight is 420 g/mol. The molecule has 1 heterocycles. The molecule has 0 aliphatic rings. The highest BCUT2D eigenvalue weighted by Crippen LogP contribution is 2.32. The van der Waals surface area contributed by atoms with Gasteiger partial charge in [-0.25, -0.2) is 0 Å². The Hall–Kier alpha value is -0.330. The van der Waals surface area contributed by atoms with Gasteiger partial charge >= 0.3 is 0 Å². The van der Waals surface area contributed by atoms with Crippen molar-refractivity contribution < 1.29 is 4.42 Å². The summed E-state index contributed by atoms with van der Waals surface area (Å²) in [6.45, 7) is 3.99. The Morgan fingerprint density at radius 2 is 1.94 bits per heavy atom. The van der Waals surface area contributed by atoms with Crippen LogP contribution in [0, 0.1) is 17.4 Å². The van der Waals surface area contributed by atoms with E-state index in [0.29, 0.717) is 0 Å². The van der Waals surface area contributed by atoms with Crippen LogP contribution in [0.15, 0.2) is 33.2 Å². The molecule has 0 amide bonds. The zero-order chi connectivity index (χ0) is 13.3. The third kappa shape index (κ3) is 2.81. The van der Waals surface area contributed by atoms with Gasteiger partial charge in [-0.05, 0) is 73.3 Å². The monoisotopic (exact) mass is 419 g/mol. The molecule has 2 nitrogen and oxygen atoms in total. The van der Waals surface area contributed by atoms with Gasteiger partial charge in [0.1, 0.15) is 11.5 Å². The summed E-state index contributed by atoms with van der Waals surface area (Å²) < 4.78 is 7.97. The zero-order valence-corrected chi connectivity index (χ0v) is 14.3. The van der Waals surface area contributed by atoms with Crippen molar-refractivity contribution in [2.24, 2.45) is 0 Å². The van der Waals surface area contributed by atoms with Gasteiger partial charge in [0, 0.05) is 13.6 Å². The number of halogens is 2. The Balaban J connectivity index is 2.51. The maximum Gasteiger partial charge on any atom is 0.106 e. The number of hydrogen-bond acceptors (Lipinski definition) is 2. The summed E-state index contributed by atoms with van der Waals surface area (Å²) in [6.07, 6.45) is 0. The summed E-state index contributed by atoms with van der Waals surface area (Å²) in [5, 5.41) is 3.36. The van der Waals surface area contributed by atoms with Crippen LogP contribution in [0.25, 0.3) is 0 Å². The van der Waals surface area contributed by atoms with Crippen LogP contribution in [0.1, 0.15) is 28.7 Å². The maximum atomic E-state index is 5.63. The van der Waals surface area contributed by atoms with E-state index in [1.54, 1.807) is 0 Å². The van der Waals surface area contributed by atoms with E-state index in [4.69, 9.17) is 4.42 Å². The van der Waals surface area contributed by atoms with Gasteiger partial charge in [-0.1, -0.05) is 15.9 Å². The Morgan fingerprint density at radius 1 is 1.22 bits per heavy atom. The molecule has 0 radical (unpaired) electrons. The molecule has 1 N–H and O–H groups in total. The van der Waals surface area contributed by atoms with Crippen LogP contribution in [-0.2, 0) is 0 Å². The van der Waals surface area contributed by atoms with Crippen molar-refractivity contribution in [3.63, 3.8) is 0 Å². The third-order valence-corrected chi connectivity index (χ3v) is 4.34. The fourth-order valence-corrected chi connectivity index (χ4v) is 3.14. The minimum absolute atomic E-state index is 0.145. The van der Waals surface area contributed by atoms with Gasteiger partial charge in [0.05, 0.1) is 6.04 Å². The predicted molar refractivity (Wildman–Crippen MR) is 85.9 cm³/mol. The largest absolute Gasteiger partial charge is 0.466 e. The van der Waals surface area contributed by atoms with Crippen LogP contribution < -0.4 is 5.32 Å². The molecule has 2 aromatic rings. The van der Waals surface area contributed by atoms with Crippen molar-refractivity contribution in [2.45, 2.75) is 19.9 Å². The van der Waals surface area contributed by atoms with Crippen molar-refractivity contribution in [3.05, 3.63) is 55.0 Å². The Morgan fingerprint density at radius 3 is 2.50 bits per heavy atom. The van der Waals surface area contributed by atoms with Gasteiger partial charge in [0.15, 0.2) is 0 Å². The van der Waals surface area contributed by atoms with E-state index in [1.807, 2.05) is 20.9 Å². The first kappa shape index (κ1) is 14.1. The van der Waals surface area contributed by atoms with Gasteiger partial charge in [0.25, 0.3) is 0 Å². The molecule has 1 aromatic heterocycles. The summed E-state index contributed by atoms with van der Waals surface area (Å²) >= 11 is 5.96. The number of rotatable bonds is 3. The summed E-state index contributed by atoms with van der Waals surface area (Å²) in [6, 6.07) is 8.61. The molecule has 18 heavy (non-hydrogen) atoms. The van der Waals surface area contributed by atoms with E-state index >= 15 is 0 Å². The molecule has 0 fully saturated rings. The van der Waals surface area contributed by atoms with E-state index in [-0.39, 0.29) is 6.04 Å². The number of hydrogen-bond donors (Lipinski definition) is 1. The SMILES string of the molecule is CNC(c1cc(I)ccc1Br)c1cc(C)oc1C. The van der Waals surface area contributed by atoms with E-state index < -0.39 is 0 Å². The average Bonchev–Trinajstić information content (AvgIpc) is 2.64. The van der Waals surface area contributed by atoms with E-state index in [1.165, 1.54) is 14.7 Å². The van der Waals surface area contributed by atoms with Crippen molar-refractivity contribution >= 4 is 38.5 Å². The lowest BCUT2D eigenvalue weighted by Crippen LogP contribution is -2.18. The molecule has 0 saturated heterocycles. The molecule has 2 rings (SSSR count).